The van der Waals surface area contributed by atoms with Gasteiger partial charge in [-0.05, 0) is 35.9 Å². The van der Waals surface area contributed by atoms with Crippen LogP contribution in [0.25, 0.3) is 11.0 Å². The van der Waals surface area contributed by atoms with Gasteiger partial charge in [-0.25, -0.2) is 4.98 Å². The minimum absolute atomic E-state index is 0.0574. The standard InChI is InChI=1S/C22H11Cl2N3O5/c23-12-4-6-16-15(9-12)20(28)18-19(11-2-1-3-14(8-11)27(30)31)26(22(29)21(18)32-16)17-7-5-13(24)10-25-17/h1-10,19H/t19-/m0/s1. The number of halogens is 2. The Morgan fingerprint density at radius 3 is 2.53 bits per heavy atom. The van der Waals surface area contributed by atoms with Crippen molar-refractivity contribution >= 4 is 51.6 Å². The van der Waals surface area contributed by atoms with Gasteiger partial charge in [0.2, 0.25) is 5.76 Å². The summed E-state index contributed by atoms with van der Waals surface area (Å²) in [4.78, 5) is 43.2. The number of hydrogen-bond acceptors (Lipinski definition) is 6. The molecule has 32 heavy (non-hydrogen) atoms. The van der Waals surface area contributed by atoms with Crippen molar-refractivity contribution in [2.75, 3.05) is 4.90 Å². The fourth-order valence-corrected chi connectivity index (χ4v) is 4.10. The molecule has 0 bridgehead atoms. The number of hydrogen-bond donors (Lipinski definition) is 0. The van der Waals surface area contributed by atoms with Crippen LogP contribution in [-0.2, 0) is 0 Å². The fourth-order valence-electron chi connectivity index (χ4n) is 3.82. The van der Waals surface area contributed by atoms with E-state index in [0.717, 1.165) is 0 Å². The summed E-state index contributed by atoms with van der Waals surface area (Å²) in [6.07, 6.45) is 1.36. The molecule has 0 fully saturated rings. The first-order valence-electron chi connectivity index (χ1n) is 9.31. The van der Waals surface area contributed by atoms with Gasteiger partial charge in [0.25, 0.3) is 11.6 Å². The molecule has 10 heteroatoms. The lowest BCUT2D eigenvalue weighted by atomic mass is 9.98. The Balaban J connectivity index is 1.82. The van der Waals surface area contributed by atoms with Crippen LogP contribution in [0.5, 0.6) is 0 Å². The number of nitro groups is 1. The number of rotatable bonds is 3. The molecule has 1 aliphatic heterocycles. The van der Waals surface area contributed by atoms with Crippen LogP contribution in [0.15, 0.2) is 70.0 Å². The van der Waals surface area contributed by atoms with Crippen molar-refractivity contribution in [2.24, 2.45) is 0 Å². The molecule has 2 aromatic heterocycles. The Labute approximate surface area is 189 Å². The SMILES string of the molecule is O=C1c2oc3ccc(Cl)cc3c(=O)c2[C@H](c2cccc([N+](=O)[O-])c2)N1c1ccc(Cl)cn1. The van der Waals surface area contributed by atoms with Crippen LogP contribution in [0.2, 0.25) is 10.0 Å². The number of anilines is 1. The summed E-state index contributed by atoms with van der Waals surface area (Å²) < 4.78 is 5.82. The van der Waals surface area contributed by atoms with Crippen LogP contribution < -0.4 is 10.3 Å². The van der Waals surface area contributed by atoms with Crippen LogP contribution in [0.1, 0.15) is 27.7 Å². The van der Waals surface area contributed by atoms with E-state index in [1.165, 1.54) is 47.5 Å². The van der Waals surface area contributed by atoms with Gasteiger partial charge in [-0.2, -0.15) is 0 Å². The number of carbonyl (C=O) groups is 1. The quantitative estimate of drug-likeness (QED) is 0.304. The van der Waals surface area contributed by atoms with Gasteiger partial charge >= 0.3 is 0 Å². The number of fused-ring (bicyclic) bond motifs is 2. The Morgan fingerprint density at radius 2 is 1.81 bits per heavy atom. The van der Waals surface area contributed by atoms with Crippen LogP contribution in [0.3, 0.4) is 0 Å². The molecular formula is C22H11Cl2N3O5. The topological polar surface area (TPSA) is 107 Å². The lowest BCUT2D eigenvalue weighted by Gasteiger charge is -2.24. The third-order valence-electron chi connectivity index (χ3n) is 5.19. The Hall–Kier alpha value is -3.75. The Bertz CT molecular complexity index is 1480. The first kappa shape index (κ1) is 20.2. The van der Waals surface area contributed by atoms with E-state index < -0.39 is 22.3 Å². The van der Waals surface area contributed by atoms with Crippen LogP contribution in [0.4, 0.5) is 11.5 Å². The zero-order valence-corrected chi connectivity index (χ0v) is 17.5. The van der Waals surface area contributed by atoms with Crippen molar-refractivity contribution in [1.29, 1.82) is 0 Å². The predicted octanol–water partition coefficient (Wildman–Crippen LogP) is 5.15. The summed E-state index contributed by atoms with van der Waals surface area (Å²) in [5.41, 5.74) is -0.0142. The third-order valence-corrected chi connectivity index (χ3v) is 5.65. The van der Waals surface area contributed by atoms with Crippen LogP contribution >= 0.6 is 23.2 Å². The molecule has 0 unspecified atom stereocenters. The van der Waals surface area contributed by atoms with Crippen molar-refractivity contribution in [1.82, 2.24) is 4.98 Å². The number of pyridine rings is 1. The second-order valence-electron chi connectivity index (χ2n) is 7.08. The molecule has 5 rings (SSSR count). The first-order chi connectivity index (χ1) is 15.3. The molecule has 0 saturated carbocycles. The first-order valence-corrected chi connectivity index (χ1v) is 10.1. The molecule has 1 atom stereocenters. The van der Waals surface area contributed by atoms with Crippen molar-refractivity contribution in [3.8, 4) is 0 Å². The summed E-state index contributed by atoms with van der Waals surface area (Å²) in [7, 11) is 0. The van der Waals surface area contributed by atoms with E-state index in [2.05, 4.69) is 4.98 Å². The van der Waals surface area contributed by atoms with E-state index in [4.69, 9.17) is 27.6 Å². The molecule has 3 heterocycles. The molecular weight excluding hydrogens is 457 g/mol. The molecule has 0 N–H and O–H groups in total. The highest BCUT2D eigenvalue weighted by molar-refractivity contribution is 6.31. The van der Waals surface area contributed by atoms with Crippen molar-refractivity contribution in [3.63, 3.8) is 0 Å². The summed E-state index contributed by atoms with van der Waals surface area (Å²) in [5.74, 6) is -0.540. The van der Waals surface area contributed by atoms with E-state index >= 15 is 0 Å². The summed E-state index contributed by atoms with van der Waals surface area (Å²) in [6.45, 7) is 0. The number of aromatic nitrogens is 1. The van der Waals surface area contributed by atoms with Crippen molar-refractivity contribution < 1.29 is 14.1 Å². The van der Waals surface area contributed by atoms with E-state index in [9.17, 15) is 19.7 Å². The molecule has 0 aliphatic carbocycles. The van der Waals surface area contributed by atoms with Crippen molar-refractivity contribution in [3.05, 3.63) is 108 Å². The molecule has 0 saturated heterocycles. The monoisotopic (exact) mass is 467 g/mol. The normalized spacial score (nSPS) is 15.2. The van der Waals surface area contributed by atoms with Crippen molar-refractivity contribution in [2.45, 2.75) is 6.04 Å². The lowest BCUT2D eigenvalue weighted by Crippen LogP contribution is -2.30. The highest BCUT2D eigenvalue weighted by Crippen LogP contribution is 2.41. The lowest BCUT2D eigenvalue weighted by molar-refractivity contribution is -0.384. The highest BCUT2D eigenvalue weighted by atomic mass is 35.5. The summed E-state index contributed by atoms with van der Waals surface area (Å²) in [5, 5.41) is 12.2. The zero-order chi connectivity index (χ0) is 22.6. The number of nitrogens with zero attached hydrogens (tertiary/aromatic N) is 3. The Morgan fingerprint density at radius 1 is 1.03 bits per heavy atom. The molecule has 2 aromatic carbocycles. The second kappa shape index (κ2) is 7.44. The number of amides is 1. The van der Waals surface area contributed by atoms with Gasteiger partial charge in [-0.1, -0.05) is 35.3 Å². The van der Waals surface area contributed by atoms with Crippen LogP contribution in [0, 0.1) is 10.1 Å². The predicted molar refractivity (Wildman–Crippen MR) is 118 cm³/mol. The van der Waals surface area contributed by atoms with E-state index in [0.29, 0.717) is 15.6 Å². The summed E-state index contributed by atoms with van der Waals surface area (Å²) in [6, 6.07) is 12.3. The van der Waals surface area contributed by atoms with Gasteiger partial charge in [0, 0.05) is 23.4 Å². The van der Waals surface area contributed by atoms with Gasteiger partial charge in [-0.3, -0.25) is 24.6 Å². The maximum atomic E-state index is 13.5. The smallest absolute Gasteiger partial charge is 0.296 e. The summed E-state index contributed by atoms with van der Waals surface area (Å²) >= 11 is 12.0. The van der Waals surface area contributed by atoms with Gasteiger partial charge in [0.05, 0.1) is 26.9 Å². The average Bonchev–Trinajstić information content (AvgIpc) is 3.07. The molecule has 8 nitrogen and oxygen atoms in total. The van der Waals surface area contributed by atoms with Gasteiger partial charge in [0.1, 0.15) is 11.4 Å². The van der Waals surface area contributed by atoms with Gasteiger partial charge in [-0.15, -0.1) is 0 Å². The minimum atomic E-state index is -0.995. The molecule has 4 aromatic rings. The highest BCUT2D eigenvalue weighted by Gasteiger charge is 2.44. The Kier molecular flexibility index (Phi) is 4.69. The van der Waals surface area contributed by atoms with E-state index in [1.54, 1.807) is 18.2 Å². The average molecular weight is 468 g/mol. The zero-order valence-electron chi connectivity index (χ0n) is 16.0. The second-order valence-corrected chi connectivity index (χ2v) is 7.95. The third kappa shape index (κ3) is 3.12. The maximum Gasteiger partial charge on any atom is 0.296 e. The minimum Gasteiger partial charge on any atom is -0.450 e. The number of non-ortho nitro benzene ring substituents is 1. The largest absolute Gasteiger partial charge is 0.450 e. The molecule has 0 radical (unpaired) electrons. The molecule has 1 amide bonds. The van der Waals surface area contributed by atoms with E-state index in [1.807, 2.05) is 0 Å². The van der Waals surface area contributed by atoms with Crippen LogP contribution in [-0.4, -0.2) is 15.8 Å². The molecule has 158 valence electrons. The van der Waals surface area contributed by atoms with Gasteiger partial charge in [0.15, 0.2) is 5.43 Å². The number of carbonyl (C=O) groups excluding carboxylic acids is 1. The molecule has 0 spiro atoms. The van der Waals surface area contributed by atoms with Gasteiger partial charge < -0.3 is 4.42 Å². The fraction of sp³-hybridized carbons (Fsp3) is 0.0455. The molecule has 1 aliphatic rings. The van der Waals surface area contributed by atoms with E-state index in [-0.39, 0.29) is 33.8 Å². The maximum absolute atomic E-state index is 13.5. The number of nitro benzene ring substituents is 1. The number of benzene rings is 2.